The predicted molar refractivity (Wildman–Crippen MR) is 39.0 cm³/mol. The fourth-order valence-electron chi connectivity index (χ4n) is 1.10. The molecule has 1 aliphatic heterocycles. The molecule has 1 saturated heterocycles. The molecule has 2 atom stereocenters. The quantitative estimate of drug-likeness (QED) is 0.370. The van der Waals surface area contributed by atoms with Gasteiger partial charge in [0, 0.05) is 11.8 Å². The number of hydrogen-bond acceptors (Lipinski definition) is 3. The van der Waals surface area contributed by atoms with Crippen molar-refractivity contribution in [1.29, 1.82) is 0 Å². The van der Waals surface area contributed by atoms with Gasteiger partial charge in [-0.25, -0.2) is 4.79 Å². The van der Waals surface area contributed by atoms with Crippen molar-refractivity contribution in [2.24, 2.45) is 5.92 Å². The molecule has 5 nitrogen and oxygen atoms in total. The van der Waals surface area contributed by atoms with Crippen LogP contribution in [0.3, 0.4) is 0 Å². The van der Waals surface area contributed by atoms with Crippen molar-refractivity contribution in [2.75, 3.05) is 0 Å². The normalized spacial score (nSPS) is 27.7. The first-order chi connectivity index (χ1) is 5.52. The van der Waals surface area contributed by atoms with E-state index in [1.165, 1.54) is 6.92 Å². The highest BCUT2D eigenvalue weighted by Crippen LogP contribution is 2.22. The Kier molecular flexibility index (Phi) is 2.14. The molecule has 0 aromatic heterocycles. The third-order valence-electron chi connectivity index (χ3n) is 1.65. The molecule has 0 aromatic carbocycles. The monoisotopic (exact) mass is 171 g/mol. The molecule has 1 fully saturated rings. The fraction of sp³-hybridized carbons (Fsp3) is 0.429. The Morgan fingerprint density at radius 3 is 2.67 bits per heavy atom. The number of β-lactam (4-membered cyclic amide) rings is 1. The molecular formula is C7H9NO4. The van der Waals surface area contributed by atoms with Crippen LogP contribution in [0.1, 0.15) is 6.92 Å². The number of aliphatic hydroxyl groups excluding tert-OH is 1. The maximum atomic E-state index is 10.8. The van der Waals surface area contributed by atoms with Gasteiger partial charge in [0.2, 0.25) is 5.91 Å². The summed E-state index contributed by atoms with van der Waals surface area (Å²) in [6.45, 7) is 1.44. The summed E-state index contributed by atoms with van der Waals surface area (Å²) in [5.41, 5.74) is 0.266. The fourth-order valence-corrected chi connectivity index (χ4v) is 1.10. The van der Waals surface area contributed by atoms with Crippen LogP contribution in [-0.4, -0.2) is 28.2 Å². The van der Waals surface area contributed by atoms with E-state index in [0.717, 1.165) is 6.08 Å². The minimum Gasteiger partial charge on any atom is -0.478 e. The summed E-state index contributed by atoms with van der Waals surface area (Å²) in [6, 6.07) is 0. The average Bonchev–Trinajstić information content (AvgIpc) is 1.82. The van der Waals surface area contributed by atoms with Crippen LogP contribution in [0, 0.1) is 5.92 Å². The van der Waals surface area contributed by atoms with Crippen molar-refractivity contribution < 1.29 is 19.8 Å². The molecule has 3 N–H and O–H groups in total. The zero-order valence-electron chi connectivity index (χ0n) is 6.44. The van der Waals surface area contributed by atoms with E-state index >= 15 is 0 Å². The van der Waals surface area contributed by atoms with Crippen molar-refractivity contribution in [3.05, 3.63) is 11.8 Å². The number of aliphatic carboxylic acids is 1. The van der Waals surface area contributed by atoms with E-state index in [4.69, 9.17) is 10.2 Å². The SMILES string of the molecule is CC(O)C1C(=O)N/C1=C\C(=O)O. The maximum Gasteiger partial charge on any atom is 0.330 e. The first-order valence-corrected chi connectivity index (χ1v) is 3.46. The van der Waals surface area contributed by atoms with E-state index in [9.17, 15) is 9.59 Å². The van der Waals surface area contributed by atoms with Crippen LogP contribution in [0.5, 0.6) is 0 Å². The molecule has 1 heterocycles. The number of carboxylic acids is 1. The number of carbonyl (C=O) groups is 2. The summed E-state index contributed by atoms with van der Waals surface area (Å²) >= 11 is 0. The molecule has 0 bridgehead atoms. The number of amides is 1. The van der Waals surface area contributed by atoms with Gasteiger partial charge in [-0.3, -0.25) is 4.79 Å². The second kappa shape index (κ2) is 2.94. The summed E-state index contributed by atoms with van der Waals surface area (Å²) in [5, 5.41) is 19.6. The smallest absolute Gasteiger partial charge is 0.330 e. The van der Waals surface area contributed by atoms with E-state index in [0.29, 0.717) is 0 Å². The molecular weight excluding hydrogens is 162 g/mol. The Morgan fingerprint density at radius 2 is 2.33 bits per heavy atom. The first kappa shape index (κ1) is 8.73. The van der Waals surface area contributed by atoms with E-state index in [2.05, 4.69) is 5.32 Å². The molecule has 0 radical (unpaired) electrons. The summed E-state index contributed by atoms with van der Waals surface area (Å²) in [4.78, 5) is 20.9. The maximum absolute atomic E-state index is 10.8. The molecule has 66 valence electrons. The molecule has 5 heteroatoms. The minimum absolute atomic E-state index is 0.266. The van der Waals surface area contributed by atoms with E-state index in [1.807, 2.05) is 0 Å². The molecule has 1 aliphatic rings. The molecule has 1 amide bonds. The van der Waals surface area contributed by atoms with Gasteiger partial charge in [-0.2, -0.15) is 0 Å². The second-order valence-corrected chi connectivity index (χ2v) is 2.65. The lowest BCUT2D eigenvalue weighted by Crippen LogP contribution is -2.51. The van der Waals surface area contributed by atoms with Gasteiger partial charge in [-0.1, -0.05) is 0 Å². The molecule has 2 unspecified atom stereocenters. The van der Waals surface area contributed by atoms with E-state index < -0.39 is 18.0 Å². The van der Waals surface area contributed by atoms with Crippen molar-refractivity contribution in [1.82, 2.24) is 5.32 Å². The topological polar surface area (TPSA) is 86.6 Å². The van der Waals surface area contributed by atoms with Gasteiger partial charge in [0.05, 0.1) is 6.10 Å². The van der Waals surface area contributed by atoms with Crippen LogP contribution in [0.15, 0.2) is 11.8 Å². The summed E-state index contributed by atoms with van der Waals surface area (Å²) in [7, 11) is 0. The highest BCUT2D eigenvalue weighted by Gasteiger charge is 2.37. The Morgan fingerprint density at radius 1 is 1.75 bits per heavy atom. The lowest BCUT2D eigenvalue weighted by Gasteiger charge is -2.31. The van der Waals surface area contributed by atoms with Gasteiger partial charge in [-0.15, -0.1) is 0 Å². The first-order valence-electron chi connectivity index (χ1n) is 3.46. The lowest BCUT2D eigenvalue weighted by molar-refractivity contribution is -0.132. The number of hydrogen-bond donors (Lipinski definition) is 3. The number of rotatable bonds is 2. The van der Waals surface area contributed by atoms with Gasteiger partial charge in [0.15, 0.2) is 0 Å². The summed E-state index contributed by atoms with van der Waals surface area (Å²) < 4.78 is 0. The Balaban J connectivity index is 2.72. The van der Waals surface area contributed by atoms with Gasteiger partial charge in [-0.05, 0) is 6.92 Å². The largest absolute Gasteiger partial charge is 0.478 e. The number of carbonyl (C=O) groups excluding carboxylic acids is 1. The molecule has 0 aliphatic carbocycles. The van der Waals surface area contributed by atoms with E-state index in [-0.39, 0.29) is 11.6 Å². The van der Waals surface area contributed by atoms with Crippen LogP contribution >= 0.6 is 0 Å². The van der Waals surface area contributed by atoms with Crippen LogP contribution in [0.25, 0.3) is 0 Å². The molecule has 0 aromatic rings. The van der Waals surface area contributed by atoms with Gasteiger partial charge in [0.25, 0.3) is 0 Å². The van der Waals surface area contributed by atoms with Crippen LogP contribution in [-0.2, 0) is 9.59 Å². The van der Waals surface area contributed by atoms with Crippen molar-refractivity contribution in [2.45, 2.75) is 13.0 Å². The number of nitrogens with one attached hydrogen (secondary N) is 1. The molecule has 0 spiro atoms. The van der Waals surface area contributed by atoms with Crippen molar-refractivity contribution in [3.8, 4) is 0 Å². The number of carboxylic acid groups (broad SMARTS) is 1. The van der Waals surface area contributed by atoms with Crippen LogP contribution < -0.4 is 5.32 Å². The minimum atomic E-state index is -1.13. The average molecular weight is 171 g/mol. The van der Waals surface area contributed by atoms with Crippen LogP contribution in [0.2, 0.25) is 0 Å². The zero-order chi connectivity index (χ0) is 9.30. The van der Waals surface area contributed by atoms with Gasteiger partial charge >= 0.3 is 5.97 Å². The lowest BCUT2D eigenvalue weighted by atomic mass is 9.91. The third-order valence-corrected chi connectivity index (χ3v) is 1.65. The highest BCUT2D eigenvalue weighted by atomic mass is 16.4. The zero-order valence-corrected chi connectivity index (χ0v) is 6.44. The third kappa shape index (κ3) is 1.45. The van der Waals surface area contributed by atoms with Crippen molar-refractivity contribution in [3.63, 3.8) is 0 Å². The molecule has 0 saturated carbocycles. The standard InChI is InChI=1S/C7H9NO4/c1-3(9)6-4(2-5(10)11)8-7(6)12/h2-3,6,9H,1H3,(H,8,12)(H,10,11)/b4-2-. The molecule has 12 heavy (non-hydrogen) atoms. The summed E-state index contributed by atoms with van der Waals surface area (Å²) in [5.74, 6) is -2.16. The van der Waals surface area contributed by atoms with Gasteiger partial charge in [0.1, 0.15) is 5.92 Å². The Hall–Kier alpha value is -1.36. The van der Waals surface area contributed by atoms with Crippen LogP contribution in [0.4, 0.5) is 0 Å². The second-order valence-electron chi connectivity index (χ2n) is 2.65. The van der Waals surface area contributed by atoms with Crippen molar-refractivity contribution >= 4 is 11.9 Å². The van der Waals surface area contributed by atoms with E-state index in [1.54, 1.807) is 0 Å². The summed E-state index contributed by atoms with van der Waals surface area (Å²) in [6.07, 6.45) is 0.0445. The number of aliphatic hydroxyl groups is 1. The molecule has 1 rings (SSSR count). The predicted octanol–water partition coefficient (Wildman–Crippen LogP) is -0.918. The Labute approximate surface area is 68.7 Å². The highest BCUT2D eigenvalue weighted by molar-refractivity contribution is 5.94. The van der Waals surface area contributed by atoms with Gasteiger partial charge < -0.3 is 15.5 Å². The Bertz CT molecular complexity index is 256.